The monoisotopic (exact) mass is 476 g/mol. The number of Topliss-reactive ketones (excluding diaryl/α,β-unsaturated/α-hetero) is 1. The summed E-state index contributed by atoms with van der Waals surface area (Å²) in [6.45, 7) is 4.69. The first-order valence-corrected chi connectivity index (χ1v) is 12.3. The van der Waals surface area contributed by atoms with E-state index in [0.717, 1.165) is 0 Å². The number of carbonyl (C=O) groups is 2. The second kappa shape index (κ2) is 9.18. The molecule has 1 atom stereocenters. The van der Waals surface area contributed by atoms with E-state index >= 15 is 0 Å². The lowest BCUT2D eigenvalue weighted by molar-refractivity contribution is -0.118. The Kier molecular flexibility index (Phi) is 6.30. The number of nitrogens with zero attached hydrogens (tertiary/aromatic N) is 2. The van der Waals surface area contributed by atoms with E-state index in [1.807, 2.05) is 6.07 Å². The van der Waals surface area contributed by atoms with Gasteiger partial charge in [0, 0.05) is 11.8 Å². The minimum Gasteiger partial charge on any atom is -0.344 e. The summed E-state index contributed by atoms with van der Waals surface area (Å²) in [6, 6.07) is 14.6. The molecule has 174 valence electrons. The van der Waals surface area contributed by atoms with Crippen molar-refractivity contribution in [3.05, 3.63) is 78.1 Å². The molecule has 8 nitrogen and oxygen atoms in total. The fraction of sp³-hybridized carbons (Fsp3) is 0.200. The molecule has 0 aliphatic heterocycles. The molecule has 0 saturated carbocycles. The number of benzene rings is 2. The average molecular weight is 477 g/mol. The van der Waals surface area contributed by atoms with Crippen molar-refractivity contribution in [2.45, 2.75) is 37.0 Å². The van der Waals surface area contributed by atoms with Crippen molar-refractivity contribution in [1.29, 1.82) is 0 Å². The highest BCUT2D eigenvalue weighted by Crippen LogP contribution is 2.24. The van der Waals surface area contributed by atoms with Crippen molar-refractivity contribution in [2.24, 2.45) is 0 Å². The third-order valence-electron chi connectivity index (χ3n) is 5.54. The number of rotatable bonds is 7. The summed E-state index contributed by atoms with van der Waals surface area (Å²) in [4.78, 5) is 37.4. The lowest BCUT2D eigenvalue weighted by Crippen LogP contribution is -2.32. The number of hydrogen-bond acceptors (Lipinski definition) is 6. The zero-order valence-electron chi connectivity index (χ0n) is 18.9. The van der Waals surface area contributed by atoms with Crippen LogP contribution < -0.4 is 5.32 Å². The third-order valence-corrected chi connectivity index (χ3v) is 7.71. The molecule has 2 aromatic carbocycles. The fourth-order valence-corrected chi connectivity index (χ4v) is 4.62. The van der Waals surface area contributed by atoms with Gasteiger partial charge >= 0.3 is 0 Å². The Balaban J connectivity index is 1.65. The number of hydrogen-bond donors (Lipinski definition) is 2. The number of sulfone groups is 1. The Morgan fingerprint density at radius 2 is 1.68 bits per heavy atom. The van der Waals surface area contributed by atoms with Crippen LogP contribution in [0.3, 0.4) is 0 Å². The largest absolute Gasteiger partial charge is 0.344 e. The first kappa shape index (κ1) is 23.3. The zero-order chi connectivity index (χ0) is 24.5. The molecule has 0 radical (unpaired) electrons. The molecule has 34 heavy (non-hydrogen) atoms. The van der Waals surface area contributed by atoms with E-state index in [1.54, 1.807) is 68.6 Å². The maximum absolute atomic E-state index is 13.1. The molecule has 0 aliphatic rings. The molecule has 0 saturated heterocycles. The maximum atomic E-state index is 13.1. The number of fused-ring (bicyclic) bond motifs is 1. The summed E-state index contributed by atoms with van der Waals surface area (Å²) in [7, 11) is -3.38. The van der Waals surface area contributed by atoms with Crippen LogP contribution in [-0.2, 0) is 14.6 Å². The lowest BCUT2D eigenvalue weighted by Gasteiger charge is -2.16. The summed E-state index contributed by atoms with van der Waals surface area (Å²) in [6.07, 6.45) is 3.05. The summed E-state index contributed by atoms with van der Waals surface area (Å²) in [5.41, 5.74) is 2.87. The van der Waals surface area contributed by atoms with Gasteiger partial charge in [-0.15, -0.1) is 0 Å². The van der Waals surface area contributed by atoms with Gasteiger partial charge in [-0.25, -0.2) is 18.4 Å². The summed E-state index contributed by atoms with van der Waals surface area (Å²) in [5.74, 6) is -0.650. The SMILES string of the molecule is CC(=O)[C@H](NC(=O)c1c[nH]c2ncc(-c3ccc(S(=O)(=O)C(C)C)cc3)nc12)c1ccccc1. The Hall–Kier alpha value is -3.85. The molecule has 0 bridgehead atoms. The van der Waals surface area contributed by atoms with Gasteiger partial charge in [0.25, 0.3) is 5.91 Å². The van der Waals surface area contributed by atoms with Crippen LogP contribution in [-0.4, -0.2) is 40.3 Å². The van der Waals surface area contributed by atoms with E-state index in [1.165, 1.54) is 13.1 Å². The Bertz CT molecular complexity index is 1460. The number of nitrogens with one attached hydrogen (secondary N) is 2. The maximum Gasteiger partial charge on any atom is 0.255 e. The van der Waals surface area contributed by atoms with Crippen LogP contribution in [0, 0.1) is 0 Å². The molecule has 9 heteroatoms. The highest BCUT2D eigenvalue weighted by molar-refractivity contribution is 7.92. The van der Waals surface area contributed by atoms with Crippen LogP contribution in [0.2, 0.25) is 0 Å². The van der Waals surface area contributed by atoms with E-state index in [2.05, 4.69) is 20.3 Å². The molecule has 4 aromatic rings. The minimum atomic E-state index is -3.38. The third kappa shape index (κ3) is 4.47. The molecule has 1 amide bonds. The van der Waals surface area contributed by atoms with Crippen molar-refractivity contribution in [2.75, 3.05) is 0 Å². The van der Waals surface area contributed by atoms with Gasteiger partial charge in [0.05, 0.1) is 27.6 Å². The van der Waals surface area contributed by atoms with Crippen LogP contribution >= 0.6 is 0 Å². The van der Waals surface area contributed by atoms with Crippen LogP contribution in [0.15, 0.2) is 71.9 Å². The van der Waals surface area contributed by atoms with Crippen LogP contribution in [0.4, 0.5) is 0 Å². The molecule has 2 N–H and O–H groups in total. The summed E-state index contributed by atoms with van der Waals surface area (Å²) in [5, 5.41) is 2.26. The smallest absolute Gasteiger partial charge is 0.255 e. The molecule has 0 spiro atoms. The molecule has 0 aliphatic carbocycles. The van der Waals surface area contributed by atoms with Crippen LogP contribution in [0.25, 0.3) is 22.4 Å². The number of carbonyl (C=O) groups excluding carboxylic acids is 2. The normalized spacial score (nSPS) is 12.6. The first-order chi connectivity index (χ1) is 16.2. The van der Waals surface area contributed by atoms with Crippen molar-refractivity contribution in [3.63, 3.8) is 0 Å². The number of aromatic amines is 1. The topological polar surface area (TPSA) is 122 Å². The molecule has 0 unspecified atom stereocenters. The summed E-state index contributed by atoms with van der Waals surface area (Å²) < 4.78 is 24.8. The van der Waals surface area contributed by atoms with Gasteiger partial charge in [-0.1, -0.05) is 42.5 Å². The molecule has 2 heterocycles. The second-order valence-corrected chi connectivity index (χ2v) is 10.7. The average Bonchev–Trinajstić information content (AvgIpc) is 3.26. The number of aromatic nitrogens is 3. The van der Waals surface area contributed by atoms with Crippen molar-refractivity contribution in [1.82, 2.24) is 20.3 Å². The van der Waals surface area contributed by atoms with Gasteiger partial charge in [-0.2, -0.15) is 0 Å². The fourth-order valence-electron chi connectivity index (χ4n) is 3.57. The van der Waals surface area contributed by atoms with Crippen LogP contribution in [0.1, 0.15) is 42.7 Å². The van der Waals surface area contributed by atoms with Crippen LogP contribution in [0.5, 0.6) is 0 Å². The van der Waals surface area contributed by atoms with E-state index in [9.17, 15) is 18.0 Å². The quantitative estimate of drug-likeness (QED) is 0.418. The van der Waals surface area contributed by atoms with Gasteiger partial charge in [-0.05, 0) is 38.5 Å². The minimum absolute atomic E-state index is 0.192. The van der Waals surface area contributed by atoms with Gasteiger partial charge < -0.3 is 10.3 Å². The lowest BCUT2D eigenvalue weighted by atomic mass is 10.0. The van der Waals surface area contributed by atoms with E-state index in [-0.39, 0.29) is 16.2 Å². The van der Waals surface area contributed by atoms with E-state index in [0.29, 0.717) is 28.0 Å². The number of ketones is 1. The van der Waals surface area contributed by atoms with E-state index in [4.69, 9.17) is 0 Å². The van der Waals surface area contributed by atoms with Crippen molar-refractivity contribution >= 4 is 32.7 Å². The predicted molar refractivity (Wildman–Crippen MR) is 129 cm³/mol. The first-order valence-electron chi connectivity index (χ1n) is 10.7. The van der Waals surface area contributed by atoms with E-state index < -0.39 is 27.0 Å². The highest BCUT2D eigenvalue weighted by atomic mass is 32.2. The number of amides is 1. The van der Waals surface area contributed by atoms with Gasteiger partial charge in [0.1, 0.15) is 11.6 Å². The van der Waals surface area contributed by atoms with Gasteiger partial charge in [0.2, 0.25) is 0 Å². The summed E-state index contributed by atoms with van der Waals surface area (Å²) >= 11 is 0. The Morgan fingerprint density at radius 1 is 1.00 bits per heavy atom. The Morgan fingerprint density at radius 3 is 2.29 bits per heavy atom. The van der Waals surface area contributed by atoms with Crippen molar-refractivity contribution < 1.29 is 18.0 Å². The molecular formula is C25H24N4O4S. The van der Waals surface area contributed by atoms with Gasteiger partial charge in [-0.3, -0.25) is 9.59 Å². The second-order valence-electron chi connectivity index (χ2n) is 8.20. The molecule has 2 aromatic heterocycles. The zero-order valence-corrected chi connectivity index (χ0v) is 19.8. The highest BCUT2D eigenvalue weighted by Gasteiger charge is 2.23. The molecular weight excluding hydrogens is 452 g/mol. The van der Waals surface area contributed by atoms with Gasteiger partial charge in [0.15, 0.2) is 21.3 Å². The Labute approximate surface area is 197 Å². The molecule has 4 rings (SSSR count). The number of H-pyrrole nitrogens is 1. The predicted octanol–water partition coefficient (Wildman–Crippen LogP) is 3.87. The molecule has 0 fully saturated rings. The van der Waals surface area contributed by atoms with Crippen molar-refractivity contribution in [3.8, 4) is 11.3 Å². The standard InChI is InChI=1S/C25H24N4O4S/c1-15(2)34(32,33)19-11-9-17(10-12-19)21-14-27-24-23(28-21)20(13-26-24)25(31)29-22(16(3)30)18-7-5-4-6-8-18/h4-15,22H,1-3H3,(H,26,27)(H,29,31)/t22-/m0/s1.